The largest absolute Gasteiger partial charge is 0.490 e. The Labute approximate surface area is 148 Å². The number of rotatable bonds is 7. The first-order chi connectivity index (χ1) is 12.1. The Morgan fingerprint density at radius 1 is 1.32 bits per heavy atom. The standard InChI is InChI=1S/C20H25NO4/c1-3-14-25-18-10-7-16(8-11-18)9-12-19(22)21-13-5-6-17(15-21)20(23)24-4-2/h3,7-12,17H,1,4-6,13-15H2,2H3. The van der Waals surface area contributed by atoms with Crippen molar-refractivity contribution in [1.29, 1.82) is 0 Å². The number of hydrogen-bond acceptors (Lipinski definition) is 4. The van der Waals surface area contributed by atoms with Gasteiger partial charge in [0.1, 0.15) is 12.4 Å². The highest BCUT2D eigenvalue weighted by molar-refractivity contribution is 5.92. The summed E-state index contributed by atoms with van der Waals surface area (Å²) in [6.07, 6.45) is 6.60. The van der Waals surface area contributed by atoms with Gasteiger partial charge in [0, 0.05) is 19.2 Å². The van der Waals surface area contributed by atoms with Crippen molar-refractivity contribution in [1.82, 2.24) is 4.90 Å². The number of carbonyl (C=O) groups excluding carboxylic acids is 2. The zero-order chi connectivity index (χ0) is 18.1. The molecule has 1 amide bonds. The Bertz CT molecular complexity index is 621. The van der Waals surface area contributed by atoms with Gasteiger partial charge in [0.05, 0.1) is 12.5 Å². The second-order valence-electron chi connectivity index (χ2n) is 5.88. The van der Waals surface area contributed by atoms with Gasteiger partial charge < -0.3 is 14.4 Å². The molecular weight excluding hydrogens is 318 g/mol. The summed E-state index contributed by atoms with van der Waals surface area (Å²) in [6, 6.07) is 7.48. The van der Waals surface area contributed by atoms with Crippen LogP contribution in [0, 0.1) is 5.92 Å². The maximum Gasteiger partial charge on any atom is 0.310 e. The highest BCUT2D eigenvalue weighted by Gasteiger charge is 2.28. The average Bonchev–Trinajstić information content (AvgIpc) is 2.65. The fraction of sp³-hybridized carbons (Fsp3) is 0.400. The molecule has 0 bridgehead atoms. The van der Waals surface area contributed by atoms with E-state index in [0.717, 1.165) is 24.2 Å². The Balaban J connectivity index is 1.90. The molecule has 1 saturated heterocycles. The smallest absolute Gasteiger partial charge is 0.310 e. The summed E-state index contributed by atoms with van der Waals surface area (Å²) in [4.78, 5) is 25.9. The first kappa shape index (κ1) is 18.8. The van der Waals surface area contributed by atoms with E-state index in [1.54, 1.807) is 30.1 Å². The van der Waals surface area contributed by atoms with Crippen LogP contribution in [0.5, 0.6) is 5.75 Å². The SMILES string of the molecule is C=CCOc1ccc(C=CC(=O)N2CCCC(C(=O)OCC)C2)cc1. The van der Waals surface area contributed by atoms with Crippen LogP contribution >= 0.6 is 0 Å². The molecule has 1 heterocycles. The molecule has 134 valence electrons. The van der Waals surface area contributed by atoms with Gasteiger partial charge in [-0.1, -0.05) is 24.8 Å². The number of ether oxygens (including phenoxy) is 2. The number of esters is 1. The van der Waals surface area contributed by atoms with Crippen LogP contribution in [0.3, 0.4) is 0 Å². The lowest BCUT2D eigenvalue weighted by Gasteiger charge is -2.30. The Kier molecular flexibility index (Phi) is 7.26. The normalized spacial score (nSPS) is 17.3. The second-order valence-corrected chi connectivity index (χ2v) is 5.88. The van der Waals surface area contributed by atoms with Crippen LogP contribution in [0.4, 0.5) is 0 Å². The fourth-order valence-corrected chi connectivity index (χ4v) is 2.73. The van der Waals surface area contributed by atoms with Crippen molar-refractivity contribution in [3.05, 3.63) is 48.6 Å². The molecule has 0 spiro atoms. The molecule has 1 fully saturated rings. The molecule has 5 nitrogen and oxygen atoms in total. The monoisotopic (exact) mass is 343 g/mol. The van der Waals surface area contributed by atoms with Crippen LogP contribution in [0.15, 0.2) is 43.0 Å². The summed E-state index contributed by atoms with van der Waals surface area (Å²) < 4.78 is 10.5. The van der Waals surface area contributed by atoms with Gasteiger partial charge in [-0.3, -0.25) is 9.59 Å². The van der Waals surface area contributed by atoms with Crippen molar-refractivity contribution >= 4 is 18.0 Å². The van der Waals surface area contributed by atoms with Gasteiger partial charge in [-0.05, 0) is 43.5 Å². The molecule has 1 atom stereocenters. The van der Waals surface area contributed by atoms with Crippen LogP contribution in [0.2, 0.25) is 0 Å². The maximum absolute atomic E-state index is 12.4. The van der Waals surface area contributed by atoms with Crippen LogP contribution < -0.4 is 4.74 Å². The van der Waals surface area contributed by atoms with E-state index in [9.17, 15) is 9.59 Å². The lowest BCUT2D eigenvalue weighted by molar-refractivity contribution is -0.150. The topological polar surface area (TPSA) is 55.8 Å². The van der Waals surface area contributed by atoms with Crippen LogP contribution in [0.25, 0.3) is 6.08 Å². The summed E-state index contributed by atoms with van der Waals surface area (Å²) in [5, 5.41) is 0. The highest BCUT2D eigenvalue weighted by atomic mass is 16.5. The molecule has 1 aromatic carbocycles. The van der Waals surface area contributed by atoms with E-state index >= 15 is 0 Å². The number of piperidine rings is 1. The van der Waals surface area contributed by atoms with Gasteiger partial charge in [0.2, 0.25) is 5.91 Å². The number of carbonyl (C=O) groups is 2. The minimum absolute atomic E-state index is 0.0824. The van der Waals surface area contributed by atoms with Crippen molar-refractivity contribution in [3.63, 3.8) is 0 Å². The second kappa shape index (κ2) is 9.67. The lowest BCUT2D eigenvalue weighted by Crippen LogP contribution is -2.42. The van der Waals surface area contributed by atoms with Crippen molar-refractivity contribution < 1.29 is 19.1 Å². The summed E-state index contributed by atoms with van der Waals surface area (Å²) >= 11 is 0. The fourth-order valence-electron chi connectivity index (χ4n) is 2.73. The predicted octanol–water partition coefficient (Wildman–Crippen LogP) is 3.07. The molecule has 1 aromatic rings. The third kappa shape index (κ3) is 5.78. The van der Waals surface area contributed by atoms with Gasteiger partial charge in [0.15, 0.2) is 0 Å². The van der Waals surface area contributed by atoms with Crippen LogP contribution in [-0.2, 0) is 14.3 Å². The van der Waals surface area contributed by atoms with Crippen molar-refractivity contribution in [2.24, 2.45) is 5.92 Å². The van der Waals surface area contributed by atoms with Gasteiger partial charge in [0.25, 0.3) is 0 Å². The summed E-state index contributed by atoms with van der Waals surface area (Å²) in [5.74, 6) is 0.254. The molecule has 0 radical (unpaired) electrons. The van der Waals surface area contributed by atoms with E-state index in [1.165, 1.54) is 0 Å². The van der Waals surface area contributed by atoms with Crippen LogP contribution in [-0.4, -0.2) is 43.1 Å². The van der Waals surface area contributed by atoms with E-state index in [1.807, 2.05) is 24.3 Å². The number of likely N-dealkylation sites (tertiary alicyclic amines) is 1. The molecule has 2 rings (SSSR count). The van der Waals surface area contributed by atoms with E-state index in [4.69, 9.17) is 9.47 Å². The van der Waals surface area contributed by atoms with Crippen molar-refractivity contribution in [3.8, 4) is 5.75 Å². The predicted molar refractivity (Wildman–Crippen MR) is 97.1 cm³/mol. The molecule has 5 heteroatoms. The molecule has 1 aliphatic rings. The third-order valence-corrected chi connectivity index (χ3v) is 4.02. The quantitative estimate of drug-likeness (QED) is 0.434. The zero-order valence-electron chi connectivity index (χ0n) is 14.6. The number of benzene rings is 1. The molecule has 0 saturated carbocycles. The minimum Gasteiger partial charge on any atom is -0.490 e. The number of amides is 1. The molecule has 0 aromatic heterocycles. The van der Waals surface area contributed by atoms with E-state index < -0.39 is 0 Å². The maximum atomic E-state index is 12.4. The van der Waals surface area contributed by atoms with E-state index in [2.05, 4.69) is 6.58 Å². The van der Waals surface area contributed by atoms with E-state index in [0.29, 0.717) is 26.3 Å². The summed E-state index contributed by atoms with van der Waals surface area (Å²) in [7, 11) is 0. The van der Waals surface area contributed by atoms with Crippen LogP contribution in [0.1, 0.15) is 25.3 Å². The Hall–Kier alpha value is -2.56. The molecule has 0 N–H and O–H groups in total. The van der Waals surface area contributed by atoms with E-state index in [-0.39, 0.29) is 17.8 Å². The zero-order valence-corrected chi connectivity index (χ0v) is 14.6. The average molecular weight is 343 g/mol. The summed E-state index contributed by atoms with van der Waals surface area (Å²) in [6.45, 7) is 7.33. The first-order valence-corrected chi connectivity index (χ1v) is 8.61. The highest BCUT2D eigenvalue weighted by Crippen LogP contribution is 2.19. The van der Waals surface area contributed by atoms with Gasteiger partial charge in [-0.25, -0.2) is 0 Å². The number of nitrogens with zero attached hydrogens (tertiary/aromatic N) is 1. The Morgan fingerprint density at radius 2 is 2.08 bits per heavy atom. The van der Waals surface area contributed by atoms with Crippen molar-refractivity contribution in [2.75, 3.05) is 26.3 Å². The molecule has 1 unspecified atom stereocenters. The van der Waals surface area contributed by atoms with Crippen molar-refractivity contribution in [2.45, 2.75) is 19.8 Å². The molecular formula is C20H25NO4. The lowest BCUT2D eigenvalue weighted by atomic mass is 9.98. The minimum atomic E-state index is -0.215. The Morgan fingerprint density at radius 3 is 2.76 bits per heavy atom. The third-order valence-electron chi connectivity index (χ3n) is 4.02. The summed E-state index contributed by atoms with van der Waals surface area (Å²) in [5.41, 5.74) is 0.915. The van der Waals surface area contributed by atoms with Gasteiger partial charge in [-0.2, -0.15) is 0 Å². The molecule has 25 heavy (non-hydrogen) atoms. The molecule has 1 aliphatic heterocycles. The van der Waals surface area contributed by atoms with Gasteiger partial charge in [-0.15, -0.1) is 0 Å². The first-order valence-electron chi connectivity index (χ1n) is 8.61. The van der Waals surface area contributed by atoms with Gasteiger partial charge >= 0.3 is 5.97 Å². The molecule has 0 aliphatic carbocycles. The number of hydrogen-bond donors (Lipinski definition) is 0.